The molecule has 0 aromatic rings. The third kappa shape index (κ3) is 7.62. The fraction of sp³-hybridized carbons (Fsp3) is 0.480. The van der Waals surface area contributed by atoms with E-state index in [0.29, 0.717) is 12.0 Å². The molecule has 0 heterocycles. The number of hydrogen-bond acceptors (Lipinski definition) is 5. The Hall–Kier alpha value is -2.69. The molecule has 0 N–H and O–H groups in total. The highest BCUT2D eigenvalue weighted by molar-refractivity contribution is 6.01. The van der Waals surface area contributed by atoms with Crippen molar-refractivity contribution in [3.05, 3.63) is 58.7 Å². The Labute approximate surface area is 180 Å². The second-order valence-electron chi connectivity index (χ2n) is 8.18. The van der Waals surface area contributed by atoms with Crippen LogP contribution in [0.3, 0.4) is 0 Å². The monoisotopic (exact) mass is 414 g/mol. The van der Waals surface area contributed by atoms with Gasteiger partial charge in [0.05, 0.1) is 20.0 Å². The number of Topliss-reactive ketones (excluding diaryl/α,β-unsaturated/α-hetero) is 1. The van der Waals surface area contributed by atoms with Crippen molar-refractivity contribution in [1.29, 1.82) is 0 Å². The van der Waals surface area contributed by atoms with Crippen molar-refractivity contribution in [1.82, 2.24) is 0 Å². The minimum atomic E-state index is -0.828. The summed E-state index contributed by atoms with van der Waals surface area (Å²) in [5, 5.41) is 0. The van der Waals surface area contributed by atoms with E-state index in [4.69, 9.17) is 4.74 Å². The molecule has 30 heavy (non-hydrogen) atoms. The van der Waals surface area contributed by atoms with Crippen LogP contribution in [-0.4, -0.2) is 30.9 Å². The molecule has 0 radical (unpaired) electrons. The van der Waals surface area contributed by atoms with Gasteiger partial charge in [-0.15, -0.1) is 0 Å². The number of rotatable bonds is 8. The van der Waals surface area contributed by atoms with E-state index in [0.717, 1.165) is 11.1 Å². The van der Waals surface area contributed by atoms with Crippen molar-refractivity contribution in [2.75, 3.05) is 7.11 Å². The molecule has 1 aliphatic carbocycles. The summed E-state index contributed by atoms with van der Waals surface area (Å²) in [5.41, 5.74) is 3.46. The van der Waals surface area contributed by atoms with Gasteiger partial charge in [0.25, 0.3) is 0 Å². The minimum Gasteiger partial charge on any atom is -0.469 e. The molecular weight excluding hydrogens is 380 g/mol. The summed E-state index contributed by atoms with van der Waals surface area (Å²) >= 11 is 0. The number of esters is 2. The second kappa shape index (κ2) is 11.5. The molecule has 0 aromatic carbocycles. The zero-order chi connectivity index (χ0) is 22.9. The van der Waals surface area contributed by atoms with Crippen LogP contribution in [0.2, 0.25) is 0 Å². The van der Waals surface area contributed by atoms with E-state index in [-0.39, 0.29) is 24.0 Å². The number of allylic oxidation sites excluding steroid dienone is 9. The molecule has 1 aliphatic rings. The van der Waals surface area contributed by atoms with Crippen molar-refractivity contribution in [3.63, 3.8) is 0 Å². The van der Waals surface area contributed by atoms with E-state index in [9.17, 15) is 14.4 Å². The van der Waals surface area contributed by atoms with Gasteiger partial charge >= 0.3 is 11.9 Å². The van der Waals surface area contributed by atoms with E-state index in [1.165, 1.54) is 12.7 Å². The standard InChI is InChI=1S/C25H34O5/c1-8-17(2)10-9-11-18(3)12-13-20-19(4)24(28)21(16-25(20,5)6)30-23(27)15-14-22(26)29-7/h8-13,21H,14-16H2,1-7H3/b10-9+,13-12+,17-8+,18-11+. The van der Waals surface area contributed by atoms with Gasteiger partial charge < -0.3 is 9.47 Å². The van der Waals surface area contributed by atoms with Crippen molar-refractivity contribution >= 4 is 17.7 Å². The molecule has 0 aliphatic heterocycles. The Morgan fingerprint density at radius 3 is 2.33 bits per heavy atom. The zero-order valence-electron chi connectivity index (χ0n) is 19.2. The van der Waals surface area contributed by atoms with Gasteiger partial charge in [-0.1, -0.05) is 61.4 Å². The third-order valence-corrected chi connectivity index (χ3v) is 5.21. The fourth-order valence-corrected chi connectivity index (χ4v) is 3.24. The van der Waals surface area contributed by atoms with Gasteiger partial charge in [0.15, 0.2) is 11.9 Å². The van der Waals surface area contributed by atoms with E-state index in [2.05, 4.69) is 4.74 Å². The van der Waals surface area contributed by atoms with E-state index >= 15 is 0 Å². The molecule has 0 spiro atoms. The maximum Gasteiger partial charge on any atom is 0.307 e. The van der Waals surface area contributed by atoms with Crippen LogP contribution in [-0.2, 0) is 23.9 Å². The summed E-state index contributed by atoms with van der Waals surface area (Å²) in [6, 6.07) is 0. The normalized spacial score (nSPS) is 20.2. The molecule has 1 atom stereocenters. The Bertz CT molecular complexity index is 818. The number of hydrogen-bond donors (Lipinski definition) is 0. The predicted molar refractivity (Wildman–Crippen MR) is 119 cm³/mol. The number of ether oxygens (including phenoxy) is 2. The van der Waals surface area contributed by atoms with Crippen molar-refractivity contribution in [2.24, 2.45) is 5.41 Å². The minimum absolute atomic E-state index is 0.0594. The predicted octanol–water partition coefficient (Wildman–Crippen LogP) is 5.19. The number of carbonyl (C=O) groups excluding carboxylic acids is 3. The molecular formula is C25H34O5. The van der Waals surface area contributed by atoms with Crippen LogP contribution in [0.5, 0.6) is 0 Å². The molecule has 0 fully saturated rings. The molecule has 0 saturated heterocycles. The highest BCUT2D eigenvalue weighted by Crippen LogP contribution is 2.40. The Kier molecular flexibility index (Phi) is 9.70. The third-order valence-electron chi connectivity index (χ3n) is 5.21. The van der Waals surface area contributed by atoms with Crippen LogP contribution in [0.4, 0.5) is 0 Å². The van der Waals surface area contributed by atoms with Crippen LogP contribution in [0, 0.1) is 5.41 Å². The highest BCUT2D eigenvalue weighted by atomic mass is 16.5. The largest absolute Gasteiger partial charge is 0.469 e. The van der Waals surface area contributed by atoms with Gasteiger partial charge in [0, 0.05) is 6.42 Å². The van der Waals surface area contributed by atoms with Crippen molar-refractivity contribution in [3.8, 4) is 0 Å². The first-order chi connectivity index (χ1) is 14.0. The molecule has 5 nitrogen and oxygen atoms in total. The average Bonchev–Trinajstić information content (AvgIpc) is 2.69. The van der Waals surface area contributed by atoms with Gasteiger partial charge in [0.2, 0.25) is 0 Å². The number of carbonyl (C=O) groups is 3. The van der Waals surface area contributed by atoms with Crippen molar-refractivity contribution < 1.29 is 23.9 Å². The number of ketones is 1. The molecule has 0 bridgehead atoms. The molecule has 1 unspecified atom stereocenters. The van der Waals surface area contributed by atoms with Crippen molar-refractivity contribution in [2.45, 2.75) is 66.9 Å². The lowest BCUT2D eigenvalue weighted by Gasteiger charge is -2.36. The number of methoxy groups -OCH3 is 1. The first-order valence-electron chi connectivity index (χ1n) is 10.2. The Balaban J connectivity index is 2.93. The first kappa shape index (κ1) is 25.3. The zero-order valence-corrected chi connectivity index (χ0v) is 19.2. The quantitative estimate of drug-likeness (QED) is 0.404. The van der Waals surface area contributed by atoms with Crippen LogP contribution in [0.15, 0.2) is 58.7 Å². The lowest BCUT2D eigenvalue weighted by molar-refractivity contribution is -0.157. The second-order valence-corrected chi connectivity index (χ2v) is 8.18. The van der Waals surface area contributed by atoms with Gasteiger partial charge in [-0.2, -0.15) is 0 Å². The van der Waals surface area contributed by atoms with Crippen LogP contribution < -0.4 is 0 Å². The molecule has 1 rings (SSSR count). The fourth-order valence-electron chi connectivity index (χ4n) is 3.24. The lowest BCUT2D eigenvalue weighted by Crippen LogP contribution is -2.39. The maximum atomic E-state index is 12.8. The molecule has 0 saturated carbocycles. The summed E-state index contributed by atoms with van der Waals surface area (Å²) in [6.07, 6.45) is 11.5. The first-order valence-corrected chi connectivity index (χ1v) is 10.2. The van der Waals surface area contributed by atoms with Crippen LogP contribution in [0.1, 0.15) is 60.8 Å². The highest BCUT2D eigenvalue weighted by Gasteiger charge is 2.39. The van der Waals surface area contributed by atoms with Crippen LogP contribution >= 0.6 is 0 Å². The summed E-state index contributed by atoms with van der Waals surface area (Å²) < 4.78 is 9.91. The Morgan fingerprint density at radius 2 is 1.73 bits per heavy atom. The summed E-state index contributed by atoms with van der Waals surface area (Å²) in [4.78, 5) is 36.0. The van der Waals surface area contributed by atoms with Gasteiger partial charge in [0.1, 0.15) is 0 Å². The van der Waals surface area contributed by atoms with Crippen LogP contribution in [0.25, 0.3) is 0 Å². The summed E-state index contributed by atoms with van der Waals surface area (Å²) in [7, 11) is 1.26. The van der Waals surface area contributed by atoms with Gasteiger partial charge in [-0.25, -0.2) is 0 Å². The summed E-state index contributed by atoms with van der Waals surface area (Å²) in [5.74, 6) is -1.24. The topological polar surface area (TPSA) is 69.7 Å². The van der Waals surface area contributed by atoms with Gasteiger partial charge in [-0.3, -0.25) is 14.4 Å². The summed E-state index contributed by atoms with van der Waals surface area (Å²) in [6.45, 7) is 11.9. The van der Waals surface area contributed by atoms with Gasteiger partial charge in [-0.05, 0) is 44.3 Å². The maximum absolute atomic E-state index is 12.8. The van der Waals surface area contributed by atoms with E-state index in [1.807, 2.05) is 71.1 Å². The molecule has 0 aromatic heterocycles. The lowest BCUT2D eigenvalue weighted by atomic mass is 9.71. The smallest absolute Gasteiger partial charge is 0.307 e. The molecule has 164 valence electrons. The van der Waals surface area contributed by atoms with E-state index < -0.39 is 18.0 Å². The Morgan fingerprint density at radius 1 is 1.10 bits per heavy atom. The SMILES string of the molecule is C/C=C(C)/C=C/C=C(C)/C=C/C1=C(C)C(=O)C(OC(=O)CCC(=O)OC)CC1(C)C. The van der Waals surface area contributed by atoms with E-state index in [1.54, 1.807) is 6.92 Å². The average molecular weight is 415 g/mol. The molecule has 0 amide bonds. The molecule has 5 heteroatoms.